The Bertz CT molecular complexity index is 741. The molecule has 0 aliphatic carbocycles. The van der Waals surface area contributed by atoms with Gasteiger partial charge in [-0.05, 0) is 50.8 Å². The topological polar surface area (TPSA) is 60.2 Å². The highest BCUT2D eigenvalue weighted by Crippen LogP contribution is 2.26. The molecule has 1 fully saturated rings. The van der Waals surface area contributed by atoms with Crippen LogP contribution in [0.25, 0.3) is 0 Å². The van der Waals surface area contributed by atoms with Crippen molar-refractivity contribution < 1.29 is 9.53 Å². The number of carbonyl (C=O) groups is 1. The van der Waals surface area contributed by atoms with E-state index >= 15 is 0 Å². The molecule has 0 saturated carbocycles. The molecule has 1 aliphatic heterocycles. The van der Waals surface area contributed by atoms with E-state index in [0.29, 0.717) is 6.54 Å². The van der Waals surface area contributed by atoms with Crippen molar-refractivity contribution in [3.05, 3.63) is 41.5 Å². The number of carbonyl (C=O) groups excluding carboxylic acids is 1. The molecular formula is C19H26N4O2. The predicted octanol–water partition coefficient (Wildman–Crippen LogP) is 2.70. The first-order valence-electron chi connectivity index (χ1n) is 8.94. The predicted molar refractivity (Wildman–Crippen MR) is 95.7 cm³/mol. The van der Waals surface area contributed by atoms with Gasteiger partial charge >= 0.3 is 0 Å². The highest BCUT2D eigenvalue weighted by molar-refractivity contribution is 5.78. The minimum atomic E-state index is 0.0353. The summed E-state index contributed by atoms with van der Waals surface area (Å²) in [6, 6.07) is 6.04. The number of hydrogen-bond acceptors (Lipinski definition) is 4. The summed E-state index contributed by atoms with van der Waals surface area (Å²) in [6.07, 6.45) is 3.79. The first kappa shape index (κ1) is 17.5. The number of hydrogen-bond donors (Lipinski definition) is 0. The van der Waals surface area contributed by atoms with Crippen molar-refractivity contribution in [3.63, 3.8) is 0 Å². The van der Waals surface area contributed by atoms with Crippen LogP contribution in [-0.4, -0.2) is 45.3 Å². The smallest absolute Gasteiger partial charge is 0.260 e. The third-order valence-electron chi connectivity index (χ3n) is 4.82. The first-order chi connectivity index (χ1) is 12.1. The summed E-state index contributed by atoms with van der Waals surface area (Å²) in [5.41, 5.74) is 2.18. The third kappa shape index (κ3) is 4.00. The first-order valence-corrected chi connectivity index (χ1v) is 8.94. The second-order valence-electron chi connectivity index (χ2n) is 6.71. The summed E-state index contributed by atoms with van der Waals surface area (Å²) in [7, 11) is 0. The number of rotatable bonds is 5. The lowest BCUT2D eigenvalue weighted by molar-refractivity contribution is -0.134. The summed E-state index contributed by atoms with van der Waals surface area (Å²) in [5.74, 6) is 2.05. The normalized spacial score (nSPS) is 17.6. The standard InChI is InChI=1S/C19H26N4O2/c1-4-22-13-20-21-19(22)16-6-5-9-23(11-16)18(24)12-25-17-10-14(2)7-8-15(17)3/h7-8,10,13,16H,4-6,9,11-12H2,1-3H3/t16-/m0/s1. The molecule has 2 aromatic rings. The second-order valence-corrected chi connectivity index (χ2v) is 6.71. The summed E-state index contributed by atoms with van der Waals surface area (Å²) in [4.78, 5) is 14.5. The van der Waals surface area contributed by atoms with Crippen molar-refractivity contribution in [2.24, 2.45) is 0 Å². The monoisotopic (exact) mass is 342 g/mol. The molecule has 2 heterocycles. The molecule has 1 saturated heterocycles. The lowest BCUT2D eigenvalue weighted by atomic mass is 9.97. The molecule has 3 rings (SSSR count). The SMILES string of the molecule is CCn1cnnc1[C@H]1CCCN(C(=O)COc2cc(C)ccc2C)C1. The van der Waals surface area contributed by atoms with Crippen molar-refractivity contribution in [2.45, 2.75) is 46.1 Å². The van der Waals surface area contributed by atoms with Gasteiger partial charge in [0.2, 0.25) is 0 Å². The van der Waals surface area contributed by atoms with Gasteiger partial charge in [-0.1, -0.05) is 12.1 Å². The van der Waals surface area contributed by atoms with Crippen molar-refractivity contribution in [3.8, 4) is 5.75 Å². The van der Waals surface area contributed by atoms with E-state index in [1.807, 2.05) is 36.9 Å². The van der Waals surface area contributed by atoms with Gasteiger partial charge in [-0.15, -0.1) is 10.2 Å². The number of nitrogens with zero attached hydrogens (tertiary/aromatic N) is 4. The van der Waals surface area contributed by atoms with Crippen LogP contribution in [0.3, 0.4) is 0 Å². The van der Waals surface area contributed by atoms with E-state index in [-0.39, 0.29) is 18.4 Å². The van der Waals surface area contributed by atoms with Gasteiger partial charge in [-0.2, -0.15) is 0 Å². The van der Waals surface area contributed by atoms with E-state index in [4.69, 9.17) is 4.74 Å². The largest absolute Gasteiger partial charge is 0.483 e. The van der Waals surface area contributed by atoms with Gasteiger partial charge in [0, 0.05) is 25.6 Å². The Morgan fingerprint density at radius 1 is 1.36 bits per heavy atom. The molecule has 1 aromatic heterocycles. The lowest BCUT2D eigenvalue weighted by Gasteiger charge is -2.32. The maximum absolute atomic E-state index is 12.6. The van der Waals surface area contributed by atoms with Crippen LogP contribution >= 0.6 is 0 Å². The molecule has 134 valence electrons. The fourth-order valence-corrected chi connectivity index (χ4v) is 3.33. The highest BCUT2D eigenvalue weighted by atomic mass is 16.5. The molecule has 1 aliphatic rings. The van der Waals surface area contributed by atoms with Crippen LogP contribution in [0, 0.1) is 13.8 Å². The van der Waals surface area contributed by atoms with Crippen molar-refractivity contribution in [1.29, 1.82) is 0 Å². The lowest BCUT2D eigenvalue weighted by Crippen LogP contribution is -2.42. The van der Waals surface area contributed by atoms with Gasteiger partial charge < -0.3 is 14.2 Å². The molecule has 0 N–H and O–H groups in total. The fraction of sp³-hybridized carbons (Fsp3) is 0.526. The molecule has 6 heteroatoms. The molecular weight excluding hydrogens is 316 g/mol. The minimum Gasteiger partial charge on any atom is -0.483 e. The van der Waals surface area contributed by atoms with Gasteiger partial charge in [0.25, 0.3) is 5.91 Å². The summed E-state index contributed by atoms with van der Waals surface area (Å²) < 4.78 is 7.84. The molecule has 0 radical (unpaired) electrons. The van der Waals surface area contributed by atoms with Crippen LogP contribution in [0.2, 0.25) is 0 Å². The Morgan fingerprint density at radius 2 is 2.20 bits per heavy atom. The molecule has 1 amide bonds. The fourth-order valence-electron chi connectivity index (χ4n) is 3.33. The molecule has 25 heavy (non-hydrogen) atoms. The van der Waals surface area contributed by atoms with Crippen molar-refractivity contribution >= 4 is 5.91 Å². The average molecular weight is 342 g/mol. The number of piperidine rings is 1. The van der Waals surface area contributed by atoms with Gasteiger partial charge in [0.1, 0.15) is 17.9 Å². The Kier molecular flexibility index (Phi) is 5.36. The third-order valence-corrected chi connectivity index (χ3v) is 4.82. The molecule has 1 atom stereocenters. The van der Waals surface area contributed by atoms with Crippen LogP contribution in [-0.2, 0) is 11.3 Å². The minimum absolute atomic E-state index is 0.0353. The summed E-state index contributed by atoms with van der Waals surface area (Å²) in [5, 5.41) is 8.28. The number of aromatic nitrogens is 3. The van der Waals surface area contributed by atoms with E-state index in [2.05, 4.69) is 21.7 Å². The molecule has 1 aromatic carbocycles. The van der Waals surface area contributed by atoms with Crippen LogP contribution in [0.5, 0.6) is 5.75 Å². The van der Waals surface area contributed by atoms with Crippen LogP contribution < -0.4 is 4.74 Å². The van der Waals surface area contributed by atoms with E-state index in [9.17, 15) is 4.79 Å². The number of amides is 1. The van der Waals surface area contributed by atoms with Gasteiger partial charge in [0.05, 0.1) is 0 Å². The van der Waals surface area contributed by atoms with Gasteiger partial charge in [-0.3, -0.25) is 4.79 Å². The van der Waals surface area contributed by atoms with E-state index < -0.39 is 0 Å². The van der Waals surface area contributed by atoms with Crippen LogP contribution in [0.15, 0.2) is 24.5 Å². The van der Waals surface area contributed by atoms with Crippen LogP contribution in [0.1, 0.15) is 42.6 Å². The van der Waals surface area contributed by atoms with Crippen molar-refractivity contribution in [1.82, 2.24) is 19.7 Å². The molecule has 0 spiro atoms. The summed E-state index contributed by atoms with van der Waals surface area (Å²) in [6.45, 7) is 8.50. The summed E-state index contributed by atoms with van der Waals surface area (Å²) >= 11 is 0. The maximum Gasteiger partial charge on any atom is 0.260 e. The Hall–Kier alpha value is -2.37. The number of aryl methyl sites for hydroxylation is 3. The number of benzene rings is 1. The van der Waals surface area contributed by atoms with E-state index in [1.54, 1.807) is 6.33 Å². The Morgan fingerprint density at radius 3 is 3.00 bits per heavy atom. The Labute approximate surface area is 148 Å². The molecule has 6 nitrogen and oxygen atoms in total. The molecule has 0 bridgehead atoms. The van der Waals surface area contributed by atoms with Gasteiger partial charge in [-0.25, -0.2) is 0 Å². The van der Waals surface area contributed by atoms with E-state index in [1.165, 1.54) is 0 Å². The average Bonchev–Trinajstić information content (AvgIpc) is 3.11. The quantitative estimate of drug-likeness (QED) is 0.838. The number of ether oxygens (including phenoxy) is 1. The Balaban J connectivity index is 1.61. The van der Waals surface area contributed by atoms with Crippen LogP contribution in [0.4, 0.5) is 0 Å². The number of likely N-dealkylation sites (tertiary alicyclic amines) is 1. The zero-order chi connectivity index (χ0) is 17.8. The zero-order valence-corrected chi connectivity index (χ0v) is 15.2. The van der Waals surface area contributed by atoms with Crippen molar-refractivity contribution in [2.75, 3.05) is 19.7 Å². The second kappa shape index (κ2) is 7.68. The van der Waals surface area contributed by atoms with Gasteiger partial charge in [0.15, 0.2) is 6.61 Å². The highest BCUT2D eigenvalue weighted by Gasteiger charge is 2.27. The molecule has 0 unspecified atom stereocenters. The maximum atomic E-state index is 12.6. The zero-order valence-electron chi connectivity index (χ0n) is 15.2. The van der Waals surface area contributed by atoms with E-state index in [0.717, 1.165) is 48.6 Å².